The average molecular weight is 137 g/mol. The summed E-state index contributed by atoms with van der Waals surface area (Å²) in [6.45, 7) is 1.60. The molecule has 1 N–H and O–H groups in total. The molecule has 4 heteroatoms. The monoisotopic (exact) mass is 137 g/mol. The van der Waals surface area contributed by atoms with Crippen LogP contribution in [0.2, 0.25) is 0 Å². The molecule has 1 heterocycles. The van der Waals surface area contributed by atoms with Crippen LogP contribution >= 0.6 is 0 Å². The highest BCUT2D eigenvalue weighted by Crippen LogP contribution is 1.99. The molecule has 0 amide bonds. The van der Waals surface area contributed by atoms with Crippen molar-refractivity contribution in [3.8, 4) is 0 Å². The van der Waals surface area contributed by atoms with Gasteiger partial charge in [-0.25, -0.2) is 14.8 Å². The van der Waals surface area contributed by atoms with E-state index in [0.29, 0.717) is 5.69 Å². The zero-order valence-electron chi connectivity index (χ0n) is 5.33. The van der Waals surface area contributed by atoms with Crippen LogP contribution in [-0.4, -0.2) is 21.0 Å². The van der Waals surface area contributed by atoms with Gasteiger partial charge in [0.05, 0.1) is 11.3 Å². The van der Waals surface area contributed by atoms with E-state index in [0.717, 1.165) is 0 Å². The molecule has 0 saturated carbocycles. The number of hydrogen-bond donors (Lipinski definition) is 1. The van der Waals surface area contributed by atoms with Crippen LogP contribution in [-0.2, 0) is 0 Å². The van der Waals surface area contributed by atoms with Crippen molar-refractivity contribution >= 4 is 5.97 Å². The van der Waals surface area contributed by atoms with E-state index in [1.54, 1.807) is 6.92 Å². The summed E-state index contributed by atoms with van der Waals surface area (Å²) in [4.78, 5) is 17.4. The number of aromatic carboxylic acids is 1. The van der Waals surface area contributed by atoms with Gasteiger partial charge in [-0.15, -0.1) is 0 Å². The predicted molar refractivity (Wildman–Crippen MR) is 32.6 cm³/mol. The Balaban J connectivity index is 3.15. The Morgan fingerprint density at radius 3 is 2.90 bits per heavy atom. The Kier molecular flexibility index (Phi) is 1.62. The van der Waals surface area contributed by atoms with E-state index in [4.69, 9.17) is 5.11 Å². The highest BCUT2D eigenvalue weighted by atomic mass is 16.4. The third kappa shape index (κ3) is 1.10. The third-order valence-electron chi connectivity index (χ3n) is 1.09. The van der Waals surface area contributed by atoms with Gasteiger partial charge in [-0.3, -0.25) is 0 Å². The van der Waals surface area contributed by atoms with Crippen LogP contribution in [0.5, 0.6) is 0 Å². The molecule has 4 nitrogen and oxygen atoms in total. The number of carboxylic acid groups (broad SMARTS) is 1. The Labute approximate surface area is 57.6 Å². The Morgan fingerprint density at radius 2 is 2.50 bits per heavy atom. The van der Waals surface area contributed by atoms with Gasteiger partial charge in [-0.2, -0.15) is 0 Å². The van der Waals surface area contributed by atoms with Gasteiger partial charge in [0.15, 0.2) is 6.33 Å². The minimum atomic E-state index is -1.01. The van der Waals surface area contributed by atoms with Crippen molar-refractivity contribution in [3.05, 3.63) is 23.8 Å². The number of rotatable bonds is 1. The van der Waals surface area contributed by atoms with Crippen molar-refractivity contribution in [2.24, 2.45) is 0 Å². The summed E-state index contributed by atoms with van der Waals surface area (Å²) in [5.74, 6) is -1.01. The van der Waals surface area contributed by atoms with E-state index in [1.807, 2.05) is 0 Å². The molecule has 0 aromatic carbocycles. The number of aromatic nitrogens is 2. The van der Waals surface area contributed by atoms with Crippen LogP contribution in [0.3, 0.4) is 0 Å². The third-order valence-corrected chi connectivity index (χ3v) is 1.09. The van der Waals surface area contributed by atoms with Crippen LogP contribution in [0.25, 0.3) is 0 Å². The van der Waals surface area contributed by atoms with Crippen molar-refractivity contribution in [2.75, 3.05) is 0 Å². The first kappa shape index (κ1) is 6.67. The van der Waals surface area contributed by atoms with E-state index in [1.165, 1.54) is 6.20 Å². The number of aryl methyl sites for hydroxylation is 1. The van der Waals surface area contributed by atoms with Gasteiger partial charge in [0.2, 0.25) is 0 Å². The normalized spacial score (nSPS) is 9.30. The Hall–Kier alpha value is -1.45. The Bertz CT molecular complexity index is 260. The fourth-order valence-corrected chi connectivity index (χ4v) is 0.561. The molecule has 1 rings (SSSR count). The minimum absolute atomic E-state index is 0.124. The molecule has 0 fully saturated rings. The lowest BCUT2D eigenvalue weighted by atomic mass is 10.2. The maximum absolute atomic E-state index is 10.3. The summed E-state index contributed by atoms with van der Waals surface area (Å²) in [5, 5.41) is 8.47. The van der Waals surface area contributed by atoms with Crippen LogP contribution < -0.4 is 0 Å². The quantitative estimate of drug-likeness (QED) is 0.604. The number of hydrogen-bond acceptors (Lipinski definition) is 3. The smallest absolute Gasteiger partial charge is 0.339 e. The van der Waals surface area contributed by atoms with Crippen molar-refractivity contribution in [2.45, 2.75) is 6.92 Å². The van der Waals surface area contributed by atoms with Gasteiger partial charge in [-0.05, 0) is 6.92 Å². The summed E-state index contributed by atoms with van der Waals surface area (Å²) in [7, 11) is 0. The van der Waals surface area contributed by atoms with Gasteiger partial charge in [0.1, 0.15) is 0 Å². The lowest BCUT2D eigenvalue weighted by molar-refractivity contribution is 0.0695. The molecule has 0 aliphatic rings. The van der Waals surface area contributed by atoms with E-state index in [9.17, 15) is 4.79 Å². The molecule has 0 aliphatic carbocycles. The molecule has 51 valence electrons. The SMILES string of the molecule is Cc1n[c]ncc1C(=O)O. The fourth-order valence-electron chi connectivity index (χ4n) is 0.561. The maximum Gasteiger partial charge on any atom is 0.339 e. The second-order valence-electron chi connectivity index (χ2n) is 1.77. The summed E-state index contributed by atoms with van der Waals surface area (Å²) in [6.07, 6.45) is 3.52. The number of carboxylic acids is 1. The lowest BCUT2D eigenvalue weighted by Crippen LogP contribution is -2.01. The molecule has 0 saturated heterocycles. The second kappa shape index (κ2) is 2.43. The molecule has 0 aliphatic heterocycles. The second-order valence-corrected chi connectivity index (χ2v) is 1.77. The predicted octanol–water partition coefficient (Wildman–Crippen LogP) is 0.283. The first-order valence-electron chi connectivity index (χ1n) is 2.65. The van der Waals surface area contributed by atoms with Gasteiger partial charge in [-0.1, -0.05) is 0 Å². The van der Waals surface area contributed by atoms with Gasteiger partial charge < -0.3 is 5.11 Å². The summed E-state index contributed by atoms with van der Waals surface area (Å²) < 4.78 is 0. The Morgan fingerprint density at radius 1 is 1.80 bits per heavy atom. The minimum Gasteiger partial charge on any atom is -0.478 e. The van der Waals surface area contributed by atoms with Crippen LogP contribution in [0.4, 0.5) is 0 Å². The molecule has 1 aromatic heterocycles. The molecule has 0 bridgehead atoms. The summed E-state index contributed by atoms with van der Waals surface area (Å²) >= 11 is 0. The molecule has 1 aromatic rings. The average Bonchev–Trinajstić information content (AvgIpc) is 1.88. The van der Waals surface area contributed by atoms with Gasteiger partial charge >= 0.3 is 5.97 Å². The van der Waals surface area contributed by atoms with Crippen molar-refractivity contribution in [1.82, 2.24) is 9.97 Å². The number of carbonyl (C=O) groups is 1. The van der Waals surface area contributed by atoms with Gasteiger partial charge in [0.25, 0.3) is 0 Å². The highest BCUT2D eigenvalue weighted by molar-refractivity contribution is 5.88. The fraction of sp³-hybridized carbons (Fsp3) is 0.167. The van der Waals surface area contributed by atoms with E-state index >= 15 is 0 Å². The maximum atomic E-state index is 10.3. The van der Waals surface area contributed by atoms with Crippen molar-refractivity contribution < 1.29 is 9.90 Å². The first-order chi connectivity index (χ1) is 4.72. The largest absolute Gasteiger partial charge is 0.478 e. The standard InChI is InChI=1S/C6H5N2O2/c1-4-5(6(9)10)2-7-3-8-4/h2H,1H3,(H,9,10). The molecule has 0 unspecified atom stereocenters. The summed E-state index contributed by atoms with van der Waals surface area (Å²) in [6, 6.07) is 0. The van der Waals surface area contributed by atoms with Crippen molar-refractivity contribution in [3.63, 3.8) is 0 Å². The summed E-state index contributed by atoms with van der Waals surface area (Å²) in [5.41, 5.74) is 0.557. The molecule has 0 atom stereocenters. The van der Waals surface area contributed by atoms with E-state index in [2.05, 4.69) is 16.3 Å². The molecular weight excluding hydrogens is 132 g/mol. The molecule has 1 radical (unpaired) electrons. The molecule has 10 heavy (non-hydrogen) atoms. The van der Waals surface area contributed by atoms with Crippen LogP contribution in [0, 0.1) is 13.3 Å². The van der Waals surface area contributed by atoms with Crippen molar-refractivity contribution in [1.29, 1.82) is 0 Å². The topological polar surface area (TPSA) is 63.1 Å². The zero-order valence-corrected chi connectivity index (χ0v) is 5.33. The first-order valence-corrected chi connectivity index (χ1v) is 2.65. The van der Waals surface area contributed by atoms with Gasteiger partial charge in [0, 0.05) is 6.20 Å². The molecular formula is C6H5N2O2. The van der Waals surface area contributed by atoms with Crippen LogP contribution in [0.15, 0.2) is 6.20 Å². The zero-order chi connectivity index (χ0) is 7.56. The lowest BCUT2D eigenvalue weighted by Gasteiger charge is -1.93. The van der Waals surface area contributed by atoms with E-state index < -0.39 is 5.97 Å². The highest BCUT2D eigenvalue weighted by Gasteiger charge is 2.05. The molecule has 0 spiro atoms. The van der Waals surface area contributed by atoms with Crippen LogP contribution in [0.1, 0.15) is 16.1 Å². The number of nitrogens with zero attached hydrogens (tertiary/aromatic N) is 2. The van der Waals surface area contributed by atoms with E-state index in [-0.39, 0.29) is 5.56 Å².